The van der Waals surface area contributed by atoms with Gasteiger partial charge in [0.25, 0.3) is 0 Å². The SMILES string of the molecule is CN=Cc1c(N)ncnc1Cc1ccc(N)cc1. The highest BCUT2D eigenvalue weighted by molar-refractivity contribution is 5.86. The highest BCUT2D eigenvalue weighted by Gasteiger charge is 2.07. The van der Waals surface area contributed by atoms with Crippen LogP contribution in [-0.4, -0.2) is 23.2 Å². The second kappa shape index (κ2) is 5.27. The zero-order chi connectivity index (χ0) is 13.0. The molecular formula is C13H15N5. The first-order valence-corrected chi connectivity index (χ1v) is 5.56. The third-order valence-electron chi connectivity index (χ3n) is 2.61. The van der Waals surface area contributed by atoms with Crippen LogP contribution in [0.25, 0.3) is 0 Å². The fourth-order valence-corrected chi connectivity index (χ4v) is 1.69. The van der Waals surface area contributed by atoms with Crippen LogP contribution in [-0.2, 0) is 6.42 Å². The summed E-state index contributed by atoms with van der Waals surface area (Å²) in [6.45, 7) is 0. The molecule has 0 spiro atoms. The Labute approximate surface area is 106 Å². The van der Waals surface area contributed by atoms with Gasteiger partial charge in [-0.1, -0.05) is 12.1 Å². The maximum absolute atomic E-state index is 5.82. The van der Waals surface area contributed by atoms with Gasteiger partial charge in [-0.2, -0.15) is 0 Å². The van der Waals surface area contributed by atoms with Gasteiger partial charge in [0.2, 0.25) is 0 Å². The van der Waals surface area contributed by atoms with Gasteiger partial charge in [-0.15, -0.1) is 0 Å². The molecule has 0 bridgehead atoms. The van der Waals surface area contributed by atoms with Gasteiger partial charge in [-0.05, 0) is 17.7 Å². The van der Waals surface area contributed by atoms with Crippen LogP contribution in [0.4, 0.5) is 11.5 Å². The summed E-state index contributed by atoms with van der Waals surface area (Å²) in [5.41, 5.74) is 15.0. The first-order valence-electron chi connectivity index (χ1n) is 5.56. The molecule has 0 amide bonds. The number of rotatable bonds is 3. The van der Waals surface area contributed by atoms with Gasteiger partial charge in [-0.25, -0.2) is 9.97 Å². The van der Waals surface area contributed by atoms with E-state index in [1.165, 1.54) is 6.33 Å². The molecule has 0 aliphatic heterocycles. The Balaban J connectivity index is 2.34. The summed E-state index contributed by atoms with van der Waals surface area (Å²) in [6, 6.07) is 7.68. The highest BCUT2D eigenvalue weighted by atomic mass is 14.9. The lowest BCUT2D eigenvalue weighted by molar-refractivity contribution is 1.03. The Morgan fingerprint density at radius 1 is 1.17 bits per heavy atom. The number of nitrogens with two attached hydrogens (primary N) is 2. The van der Waals surface area contributed by atoms with Crippen molar-refractivity contribution in [2.75, 3.05) is 18.5 Å². The summed E-state index contributed by atoms with van der Waals surface area (Å²) in [4.78, 5) is 12.2. The molecule has 0 atom stereocenters. The average Bonchev–Trinajstić information content (AvgIpc) is 2.36. The molecule has 0 fully saturated rings. The van der Waals surface area contributed by atoms with Crippen LogP contribution in [0.5, 0.6) is 0 Å². The number of benzene rings is 1. The predicted octanol–water partition coefficient (Wildman–Crippen LogP) is 1.28. The fraction of sp³-hybridized carbons (Fsp3) is 0.154. The van der Waals surface area contributed by atoms with Crippen molar-refractivity contribution in [1.29, 1.82) is 0 Å². The summed E-state index contributed by atoms with van der Waals surface area (Å²) in [5, 5.41) is 0. The van der Waals surface area contributed by atoms with Crippen molar-refractivity contribution in [1.82, 2.24) is 9.97 Å². The number of nitrogen functional groups attached to an aromatic ring is 2. The summed E-state index contributed by atoms with van der Waals surface area (Å²) in [6.07, 6.45) is 3.82. The van der Waals surface area contributed by atoms with E-state index in [0.717, 1.165) is 22.5 Å². The average molecular weight is 241 g/mol. The maximum Gasteiger partial charge on any atom is 0.135 e. The molecule has 18 heavy (non-hydrogen) atoms. The van der Waals surface area contributed by atoms with Crippen molar-refractivity contribution in [3.05, 3.63) is 47.4 Å². The summed E-state index contributed by atoms with van der Waals surface area (Å²) < 4.78 is 0. The minimum Gasteiger partial charge on any atom is -0.399 e. The monoisotopic (exact) mass is 241 g/mol. The molecule has 0 unspecified atom stereocenters. The standard InChI is InChI=1S/C13H15N5/c1-16-7-11-12(17-8-18-13(11)15)6-9-2-4-10(14)5-3-9/h2-5,7-8H,6,14H2,1H3,(H2,15,17,18). The Hall–Kier alpha value is -2.43. The first-order chi connectivity index (χ1) is 8.70. The summed E-state index contributed by atoms with van der Waals surface area (Å²) in [5.74, 6) is 0.445. The Bertz CT molecular complexity index is 560. The predicted molar refractivity (Wildman–Crippen MR) is 73.6 cm³/mol. The van der Waals surface area contributed by atoms with Crippen molar-refractivity contribution < 1.29 is 0 Å². The quantitative estimate of drug-likeness (QED) is 0.625. The summed E-state index contributed by atoms with van der Waals surface area (Å²) >= 11 is 0. The lowest BCUT2D eigenvalue weighted by atomic mass is 10.1. The van der Waals surface area contributed by atoms with Crippen LogP contribution in [0.15, 0.2) is 35.6 Å². The molecule has 0 aliphatic rings. The molecule has 2 aromatic rings. The Morgan fingerprint density at radius 2 is 1.89 bits per heavy atom. The lowest BCUT2D eigenvalue weighted by Gasteiger charge is -2.07. The molecule has 0 aliphatic carbocycles. The molecular weight excluding hydrogens is 226 g/mol. The smallest absolute Gasteiger partial charge is 0.135 e. The lowest BCUT2D eigenvalue weighted by Crippen LogP contribution is -2.05. The van der Waals surface area contributed by atoms with Crippen molar-refractivity contribution >= 4 is 17.7 Å². The van der Waals surface area contributed by atoms with E-state index in [0.29, 0.717) is 12.2 Å². The molecule has 2 rings (SSSR count). The van der Waals surface area contributed by atoms with Crippen LogP contribution in [0.3, 0.4) is 0 Å². The molecule has 1 heterocycles. The molecule has 1 aromatic heterocycles. The molecule has 5 heteroatoms. The molecule has 0 saturated heterocycles. The van der Waals surface area contributed by atoms with Crippen molar-refractivity contribution in [2.45, 2.75) is 6.42 Å². The normalized spacial score (nSPS) is 10.9. The zero-order valence-electron chi connectivity index (χ0n) is 10.2. The molecule has 4 N–H and O–H groups in total. The van der Waals surface area contributed by atoms with E-state index >= 15 is 0 Å². The van der Waals surface area contributed by atoms with Crippen molar-refractivity contribution in [3.63, 3.8) is 0 Å². The number of anilines is 2. The van der Waals surface area contributed by atoms with E-state index in [1.54, 1.807) is 13.3 Å². The van der Waals surface area contributed by atoms with Gasteiger partial charge in [-0.3, -0.25) is 4.99 Å². The van der Waals surface area contributed by atoms with E-state index < -0.39 is 0 Å². The summed E-state index contributed by atoms with van der Waals surface area (Å²) in [7, 11) is 1.69. The second-order valence-electron chi connectivity index (χ2n) is 3.92. The van der Waals surface area contributed by atoms with Gasteiger partial charge in [0, 0.05) is 25.4 Å². The maximum atomic E-state index is 5.82. The van der Waals surface area contributed by atoms with E-state index in [2.05, 4.69) is 15.0 Å². The van der Waals surface area contributed by atoms with Gasteiger partial charge >= 0.3 is 0 Å². The molecule has 5 nitrogen and oxygen atoms in total. The van der Waals surface area contributed by atoms with Crippen LogP contribution in [0.1, 0.15) is 16.8 Å². The topological polar surface area (TPSA) is 90.2 Å². The molecule has 1 aromatic carbocycles. The highest BCUT2D eigenvalue weighted by Crippen LogP contribution is 2.15. The van der Waals surface area contributed by atoms with E-state index in [4.69, 9.17) is 11.5 Å². The van der Waals surface area contributed by atoms with Gasteiger partial charge in [0.05, 0.1) is 11.3 Å². The Morgan fingerprint density at radius 3 is 2.56 bits per heavy atom. The van der Waals surface area contributed by atoms with Crippen LogP contribution >= 0.6 is 0 Å². The van der Waals surface area contributed by atoms with Crippen LogP contribution in [0, 0.1) is 0 Å². The number of nitrogens with zero attached hydrogens (tertiary/aromatic N) is 3. The zero-order valence-corrected chi connectivity index (χ0v) is 10.2. The number of hydrogen-bond acceptors (Lipinski definition) is 5. The largest absolute Gasteiger partial charge is 0.399 e. The van der Waals surface area contributed by atoms with Gasteiger partial charge < -0.3 is 11.5 Å². The Kier molecular flexibility index (Phi) is 3.52. The first kappa shape index (κ1) is 12.0. The second-order valence-corrected chi connectivity index (χ2v) is 3.92. The molecule has 0 radical (unpaired) electrons. The fourth-order valence-electron chi connectivity index (χ4n) is 1.69. The van der Waals surface area contributed by atoms with E-state index in [9.17, 15) is 0 Å². The van der Waals surface area contributed by atoms with Gasteiger partial charge in [0.1, 0.15) is 12.1 Å². The minimum absolute atomic E-state index is 0.445. The minimum atomic E-state index is 0.445. The van der Waals surface area contributed by atoms with Crippen molar-refractivity contribution in [3.8, 4) is 0 Å². The van der Waals surface area contributed by atoms with E-state index in [-0.39, 0.29) is 0 Å². The third kappa shape index (κ3) is 2.63. The van der Waals surface area contributed by atoms with Gasteiger partial charge in [0.15, 0.2) is 0 Å². The molecule has 92 valence electrons. The molecule has 0 saturated carbocycles. The van der Waals surface area contributed by atoms with E-state index in [1.807, 2.05) is 24.3 Å². The van der Waals surface area contributed by atoms with Crippen molar-refractivity contribution in [2.24, 2.45) is 4.99 Å². The third-order valence-corrected chi connectivity index (χ3v) is 2.61. The van der Waals surface area contributed by atoms with Crippen LogP contribution in [0.2, 0.25) is 0 Å². The number of aromatic nitrogens is 2. The number of hydrogen-bond donors (Lipinski definition) is 2. The number of aliphatic imine (C=N–C) groups is 1. The van der Waals surface area contributed by atoms with Crippen LogP contribution < -0.4 is 11.5 Å².